The molecule has 0 saturated heterocycles. The predicted octanol–water partition coefficient (Wildman–Crippen LogP) is 1.71. The van der Waals surface area contributed by atoms with Crippen LogP contribution in [-0.4, -0.2) is 36.4 Å². The van der Waals surface area contributed by atoms with Crippen LogP contribution in [0.25, 0.3) is 0 Å². The maximum Gasteiger partial charge on any atom is 0.244 e. The van der Waals surface area contributed by atoms with Gasteiger partial charge in [0.1, 0.15) is 4.90 Å². The summed E-state index contributed by atoms with van der Waals surface area (Å²) in [7, 11) is -3.36. The van der Waals surface area contributed by atoms with Crippen molar-refractivity contribution in [1.82, 2.24) is 14.2 Å². The average molecular weight is 309 g/mol. The van der Waals surface area contributed by atoms with E-state index >= 15 is 0 Å². The summed E-state index contributed by atoms with van der Waals surface area (Å²) in [5.74, 6) is 0. The second-order valence-corrected chi connectivity index (χ2v) is 7.67. The van der Waals surface area contributed by atoms with E-state index in [2.05, 4.69) is 5.32 Å². The number of nitrogens with zero attached hydrogens (tertiary/aromatic N) is 2. The first-order valence-corrected chi connectivity index (χ1v) is 9.13. The normalized spacial score (nSPS) is 20.0. The van der Waals surface area contributed by atoms with Crippen molar-refractivity contribution in [2.24, 2.45) is 0 Å². The van der Waals surface area contributed by atoms with Gasteiger partial charge in [0.2, 0.25) is 10.0 Å². The number of aryl methyl sites for hydroxylation is 1. The summed E-state index contributed by atoms with van der Waals surface area (Å²) in [6.07, 6.45) is 9.00. The lowest BCUT2D eigenvalue weighted by molar-refractivity contribution is 0.437. The van der Waals surface area contributed by atoms with Crippen molar-refractivity contribution in [3.63, 3.8) is 0 Å². The van der Waals surface area contributed by atoms with Gasteiger partial charge in [-0.2, -0.15) is 4.31 Å². The number of hydrogen-bond acceptors (Lipinski definition) is 3. The molecule has 1 saturated carbocycles. The summed E-state index contributed by atoms with van der Waals surface area (Å²) in [5, 5.41) is 3.45. The predicted molar refractivity (Wildman–Crippen MR) is 82.5 cm³/mol. The molecule has 2 aliphatic rings. The SMILES string of the molecule is CCn1cc(S(=O)(=O)N2CC=CCC2)cc1CNC1CC1. The Labute approximate surface area is 126 Å². The summed E-state index contributed by atoms with van der Waals surface area (Å²) in [6.45, 7) is 4.63. The summed E-state index contributed by atoms with van der Waals surface area (Å²) in [4.78, 5) is 0.423. The van der Waals surface area contributed by atoms with Crippen LogP contribution >= 0.6 is 0 Å². The Balaban J connectivity index is 1.81. The van der Waals surface area contributed by atoms with Crippen LogP contribution in [0.5, 0.6) is 0 Å². The number of aromatic nitrogens is 1. The first-order valence-electron chi connectivity index (χ1n) is 7.69. The van der Waals surface area contributed by atoms with Crippen LogP contribution in [0, 0.1) is 0 Å². The standard InChI is InChI=1S/C15H23N3O2S/c1-2-17-12-15(10-14(17)11-16-13-6-7-13)21(19,20)18-8-4-3-5-9-18/h3-4,10,12-13,16H,2,5-9,11H2,1H3. The Morgan fingerprint density at radius 1 is 1.33 bits per heavy atom. The van der Waals surface area contributed by atoms with Gasteiger partial charge < -0.3 is 9.88 Å². The van der Waals surface area contributed by atoms with Crippen molar-refractivity contribution in [1.29, 1.82) is 0 Å². The largest absolute Gasteiger partial charge is 0.349 e. The Morgan fingerprint density at radius 2 is 2.14 bits per heavy atom. The molecule has 0 radical (unpaired) electrons. The molecular formula is C15H23N3O2S. The van der Waals surface area contributed by atoms with E-state index in [9.17, 15) is 8.42 Å². The molecule has 5 nitrogen and oxygen atoms in total. The molecule has 0 amide bonds. The molecule has 0 bridgehead atoms. The molecule has 0 spiro atoms. The van der Waals surface area contributed by atoms with Gasteiger partial charge in [0, 0.05) is 44.1 Å². The Morgan fingerprint density at radius 3 is 2.76 bits per heavy atom. The topological polar surface area (TPSA) is 54.3 Å². The molecule has 1 N–H and O–H groups in total. The fraction of sp³-hybridized carbons (Fsp3) is 0.600. The van der Waals surface area contributed by atoms with Crippen LogP contribution < -0.4 is 5.32 Å². The molecule has 0 atom stereocenters. The minimum atomic E-state index is -3.36. The van der Waals surface area contributed by atoms with Crippen LogP contribution in [0.1, 0.15) is 31.9 Å². The number of hydrogen-bond donors (Lipinski definition) is 1. The molecule has 0 aromatic carbocycles. The van der Waals surface area contributed by atoms with Crippen molar-refractivity contribution in [2.45, 2.75) is 50.2 Å². The van der Waals surface area contributed by atoms with Gasteiger partial charge in [-0.15, -0.1) is 0 Å². The van der Waals surface area contributed by atoms with Gasteiger partial charge in [-0.05, 0) is 32.3 Å². The zero-order chi connectivity index (χ0) is 14.9. The summed E-state index contributed by atoms with van der Waals surface area (Å²) in [6, 6.07) is 2.45. The lowest BCUT2D eigenvalue weighted by atomic mass is 10.3. The zero-order valence-corrected chi connectivity index (χ0v) is 13.3. The van der Waals surface area contributed by atoms with Gasteiger partial charge in [0.25, 0.3) is 0 Å². The Hall–Kier alpha value is -1.11. The number of sulfonamides is 1. The van der Waals surface area contributed by atoms with E-state index in [1.54, 1.807) is 10.5 Å². The molecular weight excluding hydrogens is 286 g/mol. The highest BCUT2D eigenvalue weighted by molar-refractivity contribution is 7.89. The van der Waals surface area contributed by atoms with Gasteiger partial charge in [0.15, 0.2) is 0 Å². The van der Waals surface area contributed by atoms with Crippen LogP contribution in [0.3, 0.4) is 0 Å². The van der Waals surface area contributed by atoms with Crippen molar-refractivity contribution in [2.75, 3.05) is 13.1 Å². The van der Waals surface area contributed by atoms with E-state index < -0.39 is 10.0 Å². The first kappa shape index (κ1) is 14.8. The lowest BCUT2D eigenvalue weighted by Crippen LogP contribution is -2.33. The third kappa shape index (κ3) is 3.22. The minimum absolute atomic E-state index is 0.423. The number of nitrogens with one attached hydrogen (secondary N) is 1. The van der Waals surface area contributed by atoms with E-state index in [4.69, 9.17) is 0 Å². The fourth-order valence-corrected chi connectivity index (χ4v) is 4.10. The summed E-state index contributed by atoms with van der Waals surface area (Å²) < 4.78 is 28.9. The summed E-state index contributed by atoms with van der Waals surface area (Å²) >= 11 is 0. The van der Waals surface area contributed by atoms with Crippen molar-refractivity contribution >= 4 is 10.0 Å². The first-order chi connectivity index (χ1) is 10.1. The van der Waals surface area contributed by atoms with E-state index in [0.717, 1.165) is 25.2 Å². The average Bonchev–Trinajstić information content (AvgIpc) is 3.24. The smallest absolute Gasteiger partial charge is 0.244 e. The third-order valence-electron chi connectivity index (χ3n) is 4.11. The summed E-state index contributed by atoms with van der Waals surface area (Å²) in [5.41, 5.74) is 1.05. The highest BCUT2D eigenvalue weighted by Gasteiger charge is 2.27. The molecule has 1 aromatic heterocycles. The second-order valence-electron chi connectivity index (χ2n) is 5.73. The molecule has 2 heterocycles. The number of rotatable bonds is 6. The van der Waals surface area contributed by atoms with Crippen LogP contribution in [0.15, 0.2) is 29.3 Å². The molecule has 6 heteroatoms. The molecule has 1 fully saturated rings. The van der Waals surface area contributed by atoms with Gasteiger partial charge >= 0.3 is 0 Å². The molecule has 1 aromatic rings. The highest BCUT2D eigenvalue weighted by atomic mass is 32.2. The van der Waals surface area contributed by atoms with Crippen molar-refractivity contribution in [3.05, 3.63) is 30.1 Å². The second kappa shape index (κ2) is 5.94. The Kier molecular flexibility index (Phi) is 4.19. The molecule has 116 valence electrons. The van der Waals surface area contributed by atoms with Crippen molar-refractivity contribution < 1.29 is 8.42 Å². The zero-order valence-electron chi connectivity index (χ0n) is 12.5. The van der Waals surface area contributed by atoms with E-state index in [0.29, 0.717) is 24.0 Å². The fourth-order valence-electron chi connectivity index (χ4n) is 2.63. The maximum atomic E-state index is 12.7. The van der Waals surface area contributed by atoms with Gasteiger partial charge in [0.05, 0.1) is 0 Å². The monoisotopic (exact) mass is 309 g/mol. The maximum absolute atomic E-state index is 12.7. The molecule has 1 aliphatic carbocycles. The molecule has 1 aliphatic heterocycles. The quantitative estimate of drug-likeness (QED) is 0.814. The van der Waals surface area contributed by atoms with Gasteiger partial charge in [-0.1, -0.05) is 12.2 Å². The molecule has 21 heavy (non-hydrogen) atoms. The lowest BCUT2D eigenvalue weighted by Gasteiger charge is -2.21. The molecule has 0 unspecified atom stereocenters. The van der Waals surface area contributed by atoms with E-state index in [1.807, 2.05) is 29.7 Å². The van der Waals surface area contributed by atoms with Gasteiger partial charge in [-0.3, -0.25) is 0 Å². The van der Waals surface area contributed by atoms with Crippen LogP contribution in [0.2, 0.25) is 0 Å². The van der Waals surface area contributed by atoms with Gasteiger partial charge in [-0.25, -0.2) is 8.42 Å². The molecule has 3 rings (SSSR count). The van der Waals surface area contributed by atoms with E-state index in [-0.39, 0.29) is 0 Å². The van der Waals surface area contributed by atoms with Crippen molar-refractivity contribution in [3.8, 4) is 0 Å². The minimum Gasteiger partial charge on any atom is -0.349 e. The third-order valence-corrected chi connectivity index (χ3v) is 5.94. The highest BCUT2D eigenvalue weighted by Crippen LogP contribution is 2.23. The van der Waals surface area contributed by atoms with Crippen LogP contribution in [0.4, 0.5) is 0 Å². The Bertz CT molecular complexity index is 629. The van der Waals surface area contributed by atoms with Crippen LogP contribution in [-0.2, 0) is 23.1 Å². The van der Waals surface area contributed by atoms with E-state index in [1.165, 1.54) is 12.8 Å².